The highest BCUT2D eigenvalue weighted by atomic mass is 127. The largest absolute Gasteiger partial charge is 0.392 e. The smallest absolute Gasteiger partial charge is 0.0699 e. The number of benzene rings is 1. The van der Waals surface area contributed by atoms with Crippen molar-refractivity contribution in [2.45, 2.75) is 30.6 Å². The number of hydrogen-bond acceptors (Lipinski definition) is 2. The molecule has 1 heterocycles. The number of halogens is 1. The summed E-state index contributed by atoms with van der Waals surface area (Å²) in [7, 11) is 0. The Morgan fingerprint density at radius 1 is 1.40 bits per heavy atom. The molecule has 1 saturated heterocycles. The van der Waals surface area contributed by atoms with Crippen LogP contribution in [0.1, 0.15) is 18.4 Å². The topological polar surface area (TPSA) is 20.2 Å². The zero-order chi connectivity index (χ0) is 10.7. The normalized spacial score (nSPS) is 22.9. The molecule has 1 aromatic carbocycles. The second-order valence-corrected chi connectivity index (χ2v) is 6.54. The number of aliphatic hydroxyl groups is 1. The van der Waals surface area contributed by atoms with Gasteiger partial charge < -0.3 is 5.11 Å². The second-order valence-electron chi connectivity index (χ2n) is 3.95. The van der Waals surface area contributed by atoms with Gasteiger partial charge in [-0.3, -0.25) is 0 Å². The van der Waals surface area contributed by atoms with E-state index in [1.165, 1.54) is 27.7 Å². The molecule has 15 heavy (non-hydrogen) atoms. The molecule has 2 atom stereocenters. The van der Waals surface area contributed by atoms with Crippen LogP contribution < -0.4 is 0 Å². The van der Waals surface area contributed by atoms with Crippen molar-refractivity contribution in [3.8, 4) is 0 Å². The molecule has 3 heteroatoms. The minimum atomic E-state index is -0.169. The zero-order valence-corrected chi connectivity index (χ0v) is 11.5. The summed E-state index contributed by atoms with van der Waals surface area (Å²) in [6.07, 6.45) is 3.07. The van der Waals surface area contributed by atoms with E-state index in [4.69, 9.17) is 0 Å². The van der Waals surface area contributed by atoms with Gasteiger partial charge in [-0.1, -0.05) is 12.1 Å². The quantitative estimate of drug-likeness (QED) is 0.858. The highest BCUT2D eigenvalue weighted by Crippen LogP contribution is 2.30. The van der Waals surface area contributed by atoms with Crippen molar-refractivity contribution < 1.29 is 5.11 Å². The Labute approximate surface area is 109 Å². The molecule has 1 nitrogen and oxygen atoms in total. The molecule has 0 amide bonds. The summed E-state index contributed by atoms with van der Waals surface area (Å²) in [5, 5.41) is 10.5. The van der Waals surface area contributed by atoms with Gasteiger partial charge in [0.15, 0.2) is 0 Å². The van der Waals surface area contributed by atoms with E-state index < -0.39 is 0 Å². The van der Waals surface area contributed by atoms with Crippen LogP contribution >= 0.6 is 34.4 Å². The first-order valence-electron chi connectivity index (χ1n) is 5.30. The summed E-state index contributed by atoms with van der Waals surface area (Å²) in [6.45, 7) is 0. The molecule has 0 aliphatic carbocycles. The Balaban J connectivity index is 1.92. The fraction of sp³-hybridized carbons (Fsp3) is 0.500. The van der Waals surface area contributed by atoms with Crippen molar-refractivity contribution in [3.63, 3.8) is 0 Å². The van der Waals surface area contributed by atoms with Crippen molar-refractivity contribution >= 4 is 34.4 Å². The highest BCUT2D eigenvalue weighted by molar-refractivity contribution is 14.1. The molecular formula is C12H15IOS. The number of hydrogen-bond donors (Lipinski definition) is 1. The Morgan fingerprint density at radius 2 is 2.13 bits per heavy atom. The summed E-state index contributed by atoms with van der Waals surface area (Å²) in [5.41, 5.74) is 1.25. The van der Waals surface area contributed by atoms with E-state index >= 15 is 0 Å². The zero-order valence-electron chi connectivity index (χ0n) is 8.53. The average Bonchev–Trinajstić information content (AvgIpc) is 2.74. The minimum absolute atomic E-state index is 0.169. The Hall–Kier alpha value is 0.260. The maximum absolute atomic E-state index is 10.0. The van der Waals surface area contributed by atoms with Gasteiger partial charge in [0, 0.05) is 8.82 Å². The molecule has 82 valence electrons. The molecule has 1 N–H and O–H groups in total. The maximum Gasteiger partial charge on any atom is 0.0699 e. The van der Waals surface area contributed by atoms with Crippen molar-refractivity contribution in [2.75, 3.05) is 5.75 Å². The summed E-state index contributed by atoms with van der Waals surface area (Å²) >= 11 is 4.22. The monoisotopic (exact) mass is 334 g/mol. The van der Waals surface area contributed by atoms with Gasteiger partial charge in [-0.05, 0) is 65.3 Å². The first-order valence-corrected chi connectivity index (χ1v) is 7.42. The van der Waals surface area contributed by atoms with Crippen LogP contribution in [0.2, 0.25) is 0 Å². The third-order valence-electron chi connectivity index (χ3n) is 2.75. The molecule has 2 unspecified atom stereocenters. The van der Waals surface area contributed by atoms with Crippen molar-refractivity contribution in [3.05, 3.63) is 33.4 Å². The lowest BCUT2D eigenvalue weighted by molar-refractivity contribution is 0.170. The summed E-state index contributed by atoms with van der Waals surface area (Å²) in [6, 6.07) is 8.43. The lowest BCUT2D eigenvalue weighted by Crippen LogP contribution is -2.23. The van der Waals surface area contributed by atoms with Crippen LogP contribution in [0, 0.1) is 3.57 Å². The molecule has 1 aliphatic heterocycles. The molecule has 2 rings (SSSR count). The molecule has 0 aromatic heterocycles. The number of thioether (sulfide) groups is 1. The first kappa shape index (κ1) is 11.7. The van der Waals surface area contributed by atoms with Gasteiger partial charge in [0.1, 0.15) is 0 Å². The molecule has 0 saturated carbocycles. The molecule has 0 spiro atoms. The van der Waals surface area contributed by atoms with Crippen molar-refractivity contribution in [1.29, 1.82) is 0 Å². The fourth-order valence-electron chi connectivity index (χ4n) is 1.90. The Morgan fingerprint density at radius 3 is 2.73 bits per heavy atom. The van der Waals surface area contributed by atoms with Crippen LogP contribution in [0.25, 0.3) is 0 Å². The van der Waals surface area contributed by atoms with Crippen LogP contribution in [0.3, 0.4) is 0 Å². The SMILES string of the molecule is OC(Cc1ccc(I)cc1)C1CCCS1. The molecule has 1 aromatic rings. The second kappa shape index (κ2) is 5.55. The van der Waals surface area contributed by atoms with E-state index in [0.717, 1.165) is 6.42 Å². The van der Waals surface area contributed by atoms with Crippen LogP contribution in [-0.2, 0) is 6.42 Å². The van der Waals surface area contributed by atoms with Gasteiger partial charge in [-0.15, -0.1) is 0 Å². The van der Waals surface area contributed by atoms with E-state index in [-0.39, 0.29) is 6.10 Å². The highest BCUT2D eigenvalue weighted by Gasteiger charge is 2.23. The standard InChI is InChI=1S/C12H15IOS/c13-10-5-3-9(4-6-10)8-11(14)12-2-1-7-15-12/h3-6,11-12,14H,1-2,7-8H2. The van der Waals surface area contributed by atoms with Gasteiger partial charge >= 0.3 is 0 Å². The minimum Gasteiger partial charge on any atom is -0.392 e. The van der Waals surface area contributed by atoms with E-state index in [2.05, 4.69) is 46.9 Å². The van der Waals surface area contributed by atoms with Crippen LogP contribution in [0.4, 0.5) is 0 Å². The van der Waals surface area contributed by atoms with Gasteiger partial charge in [0.25, 0.3) is 0 Å². The predicted molar refractivity (Wildman–Crippen MR) is 74.3 cm³/mol. The van der Waals surface area contributed by atoms with Crippen molar-refractivity contribution in [2.24, 2.45) is 0 Å². The van der Waals surface area contributed by atoms with Gasteiger partial charge in [0.05, 0.1) is 6.10 Å². The lowest BCUT2D eigenvalue weighted by atomic mass is 10.0. The van der Waals surface area contributed by atoms with E-state index in [0.29, 0.717) is 5.25 Å². The van der Waals surface area contributed by atoms with E-state index in [9.17, 15) is 5.11 Å². The Bertz CT molecular complexity index is 306. The molecule has 1 aliphatic rings. The van der Waals surface area contributed by atoms with E-state index in [1.54, 1.807) is 0 Å². The summed E-state index contributed by atoms with van der Waals surface area (Å²) in [5.74, 6) is 1.22. The molecule has 1 fully saturated rings. The first-order chi connectivity index (χ1) is 7.25. The van der Waals surface area contributed by atoms with Gasteiger partial charge in [-0.25, -0.2) is 0 Å². The average molecular weight is 334 g/mol. The number of aliphatic hydroxyl groups excluding tert-OH is 1. The fourth-order valence-corrected chi connectivity index (χ4v) is 3.55. The maximum atomic E-state index is 10.0. The molecule has 0 bridgehead atoms. The predicted octanol–water partition coefficient (Wildman–Crippen LogP) is 3.09. The third-order valence-corrected chi connectivity index (χ3v) is 4.97. The Kier molecular flexibility index (Phi) is 4.34. The molecular weight excluding hydrogens is 319 g/mol. The van der Waals surface area contributed by atoms with Crippen LogP contribution in [0.5, 0.6) is 0 Å². The van der Waals surface area contributed by atoms with Gasteiger partial charge in [-0.2, -0.15) is 11.8 Å². The van der Waals surface area contributed by atoms with Crippen LogP contribution in [-0.4, -0.2) is 22.2 Å². The summed E-state index contributed by atoms with van der Waals surface area (Å²) in [4.78, 5) is 0. The van der Waals surface area contributed by atoms with Crippen molar-refractivity contribution in [1.82, 2.24) is 0 Å². The van der Waals surface area contributed by atoms with Crippen LogP contribution in [0.15, 0.2) is 24.3 Å². The lowest BCUT2D eigenvalue weighted by Gasteiger charge is -2.16. The van der Waals surface area contributed by atoms with Gasteiger partial charge in [0.2, 0.25) is 0 Å². The third kappa shape index (κ3) is 3.36. The number of rotatable bonds is 3. The summed E-state index contributed by atoms with van der Waals surface area (Å²) < 4.78 is 1.25. The molecule has 0 radical (unpaired) electrons. The van der Waals surface area contributed by atoms with E-state index in [1.807, 2.05) is 11.8 Å².